The average Bonchev–Trinajstić information content (AvgIpc) is 2.73. The number of benzene rings is 1. The van der Waals surface area contributed by atoms with Crippen molar-refractivity contribution in [3.05, 3.63) is 41.6 Å². The van der Waals surface area contributed by atoms with Crippen molar-refractivity contribution in [3.63, 3.8) is 0 Å². The molecular formula is C12H7F6N2. The number of aromatic nitrogens is 2. The van der Waals surface area contributed by atoms with Crippen LogP contribution in [0.15, 0.2) is 24.3 Å². The molecule has 0 unspecified atom stereocenters. The van der Waals surface area contributed by atoms with Crippen molar-refractivity contribution in [2.45, 2.75) is 12.4 Å². The van der Waals surface area contributed by atoms with Gasteiger partial charge in [0.1, 0.15) is 0 Å². The summed E-state index contributed by atoms with van der Waals surface area (Å²) in [7, 11) is 1.46. The number of rotatable bonds is 1. The summed E-state index contributed by atoms with van der Waals surface area (Å²) in [5, 5.41) is 3.75. The van der Waals surface area contributed by atoms with Crippen LogP contribution in [0.2, 0.25) is 0 Å². The van der Waals surface area contributed by atoms with Gasteiger partial charge in [0.05, 0.1) is 23.0 Å². The molecule has 0 spiro atoms. The number of halogens is 6. The zero-order valence-electron chi connectivity index (χ0n) is 9.97. The van der Waals surface area contributed by atoms with Gasteiger partial charge in [0.2, 0.25) is 0 Å². The second kappa shape index (κ2) is 4.53. The average molecular weight is 293 g/mol. The van der Waals surface area contributed by atoms with Crippen molar-refractivity contribution in [1.82, 2.24) is 9.78 Å². The molecule has 0 saturated heterocycles. The van der Waals surface area contributed by atoms with Gasteiger partial charge >= 0.3 is 12.4 Å². The molecule has 0 fully saturated rings. The Bertz CT molecular complexity index is 591. The van der Waals surface area contributed by atoms with Gasteiger partial charge in [-0.05, 0) is 24.3 Å². The topological polar surface area (TPSA) is 17.8 Å². The summed E-state index contributed by atoms with van der Waals surface area (Å²) in [6, 6.07) is 2.56. The van der Waals surface area contributed by atoms with Gasteiger partial charge in [-0.2, -0.15) is 31.4 Å². The summed E-state index contributed by atoms with van der Waals surface area (Å²) in [5.74, 6) is 0. The maximum atomic E-state index is 12.7. The molecule has 20 heavy (non-hydrogen) atoms. The van der Waals surface area contributed by atoms with Crippen LogP contribution in [0.25, 0.3) is 11.3 Å². The van der Waals surface area contributed by atoms with Gasteiger partial charge in [0.15, 0.2) is 0 Å². The SMILES string of the molecule is Cn1[c]cc(-c2cc(C(F)(F)F)cc(C(F)(F)F)c2)n1. The Kier molecular flexibility index (Phi) is 3.27. The summed E-state index contributed by atoms with van der Waals surface area (Å²) in [6.07, 6.45) is -7.21. The quantitative estimate of drug-likeness (QED) is 0.729. The van der Waals surface area contributed by atoms with Crippen LogP contribution in [0.4, 0.5) is 26.3 Å². The smallest absolute Gasteiger partial charge is 0.266 e. The minimum atomic E-state index is -4.87. The first-order valence-electron chi connectivity index (χ1n) is 5.29. The molecule has 0 aliphatic rings. The van der Waals surface area contributed by atoms with Crippen molar-refractivity contribution in [1.29, 1.82) is 0 Å². The second-order valence-electron chi connectivity index (χ2n) is 4.08. The van der Waals surface area contributed by atoms with E-state index in [-0.39, 0.29) is 17.3 Å². The van der Waals surface area contributed by atoms with E-state index in [0.29, 0.717) is 12.1 Å². The number of nitrogens with zero attached hydrogens (tertiary/aromatic N) is 2. The lowest BCUT2D eigenvalue weighted by Gasteiger charge is -2.13. The summed E-state index contributed by atoms with van der Waals surface area (Å²) >= 11 is 0. The van der Waals surface area contributed by atoms with Crippen molar-refractivity contribution < 1.29 is 26.3 Å². The van der Waals surface area contributed by atoms with Crippen LogP contribution in [-0.2, 0) is 19.4 Å². The highest BCUT2D eigenvalue weighted by atomic mass is 19.4. The van der Waals surface area contributed by atoms with E-state index < -0.39 is 23.5 Å². The molecule has 1 aromatic heterocycles. The first-order chi connectivity index (χ1) is 9.07. The number of alkyl halides is 6. The van der Waals surface area contributed by atoms with Crippen LogP contribution in [0.5, 0.6) is 0 Å². The van der Waals surface area contributed by atoms with Gasteiger partial charge in [-0.1, -0.05) is 0 Å². The van der Waals surface area contributed by atoms with Gasteiger partial charge in [0, 0.05) is 12.6 Å². The summed E-state index contributed by atoms with van der Waals surface area (Å²) in [4.78, 5) is 0. The Morgan fingerprint density at radius 1 is 0.950 bits per heavy atom. The Hall–Kier alpha value is -1.99. The Morgan fingerprint density at radius 2 is 1.45 bits per heavy atom. The van der Waals surface area contributed by atoms with E-state index in [0.717, 1.165) is 0 Å². The van der Waals surface area contributed by atoms with Crippen molar-refractivity contribution in [2.24, 2.45) is 7.05 Å². The number of hydrogen-bond acceptors (Lipinski definition) is 1. The van der Waals surface area contributed by atoms with Crippen LogP contribution in [0.1, 0.15) is 11.1 Å². The summed E-state index contributed by atoms with van der Waals surface area (Å²) in [5.41, 5.74) is -3.01. The molecule has 0 saturated carbocycles. The van der Waals surface area contributed by atoms with E-state index in [4.69, 9.17) is 0 Å². The molecule has 2 rings (SSSR count). The zero-order chi connectivity index (χ0) is 15.1. The van der Waals surface area contributed by atoms with E-state index in [1.807, 2.05) is 0 Å². The van der Waals surface area contributed by atoms with Crippen LogP contribution >= 0.6 is 0 Å². The first kappa shape index (κ1) is 14.4. The normalized spacial score (nSPS) is 12.8. The highest BCUT2D eigenvalue weighted by molar-refractivity contribution is 5.61. The lowest BCUT2D eigenvalue weighted by atomic mass is 10.0. The molecule has 0 atom stereocenters. The van der Waals surface area contributed by atoms with Crippen LogP contribution in [-0.4, -0.2) is 9.78 Å². The standard InChI is InChI=1S/C12H7F6N2/c1-20-3-2-10(19-20)7-4-8(11(13,14)15)6-9(5-7)12(16,17)18/h2,4-6H,1H3. The van der Waals surface area contributed by atoms with Gasteiger partial charge in [-0.25, -0.2) is 0 Å². The van der Waals surface area contributed by atoms with Gasteiger partial charge < -0.3 is 0 Å². The minimum absolute atomic E-state index is 0.0101. The Morgan fingerprint density at radius 3 is 1.80 bits per heavy atom. The molecule has 0 amide bonds. The predicted octanol–water partition coefficient (Wildman–Crippen LogP) is 3.92. The van der Waals surface area contributed by atoms with Crippen molar-refractivity contribution >= 4 is 0 Å². The molecular weight excluding hydrogens is 286 g/mol. The third kappa shape index (κ3) is 2.94. The molecule has 8 heteroatoms. The van der Waals surface area contributed by atoms with Crippen LogP contribution in [0, 0.1) is 6.20 Å². The third-order valence-corrected chi connectivity index (χ3v) is 2.53. The lowest BCUT2D eigenvalue weighted by Crippen LogP contribution is -2.11. The van der Waals surface area contributed by atoms with Gasteiger partial charge in [-0.15, -0.1) is 0 Å². The molecule has 1 aromatic carbocycles. The lowest BCUT2D eigenvalue weighted by molar-refractivity contribution is -0.143. The maximum absolute atomic E-state index is 12.7. The zero-order valence-corrected chi connectivity index (χ0v) is 9.97. The molecule has 2 nitrogen and oxygen atoms in total. The number of aryl methyl sites for hydroxylation is 1. The fourth-order valence-corrected chi connectivity index (χ4v) is 1.62. The monoisotopic (exact) mass is 293 g/mol. The van der Waals surface area contributed by atoms with Crippen molar-refractivity contribution in [3.8, 4) is 11.3 Å². The molecule has 107 valence electrons. The van der Waals surface area contributed by atoms with Crippen LogP contribution < -0.4 is 0 Å². The maximum Gasteiger partial charge on any atom is 0.416 e. The van der Waals surface area contributed by atoms with Crippen molar-refractivity contribution in [2.75, 3.05) is 0 Å². The molecule has 0 aliphatic heterocycles. The molecule has 0 bridgehead atoms. The molecule has 1 radical (unpaired) electrons. The van der Waals surface area contributed by atoms with E-state index in [1.165, 1.54) is 17.8 Å². The van der Waals surface area contributed by atoms with E-state index in [2.05, 4.69) is 11.3 Å². The molecule has 0 aliphatic carbocycles. The Balaban J connectivity index is 2.63. The highest BCUT2D eigenvalue weighted by Crippen LogP contribution is 2.38. The summed E-state index contributed by atoms with van der Waals surface area (Å²) < 4.78 is 77.1. The third-order valence-electron chi connectivity index (χ3n) is 2.53. The molecule has 0 N–H and O–H groups in total. The van der Waals surface area contributed by atoms with Gasteiger partial charge in [0.25, 0.3) is 0 Å². The fourth-order valence-electron chi connectivity index (χ4n) is 1.62. The molecule has 1 heterocycles. The highest BCUT2D eigenvalue weighted by Gasteiger charge is 2.37. The van der Waals surface area contributed by atoms with E-state index >= 15 is 0 Å². The van der Waals surface area contributed by atoms with Gasteiger partial charge in [-0.3, -0.25) is 4.68 Å². The Labute approximate surface area is 109 Å². The summed E-state index contributed by atoms with van der Waals surface area (Å²) in [6.45, 7) is 0. The first-order valence-corrected chi connectivity index (χ1v) is 5.29. The van der Waals surface area contributed by atoms with Crippen LogP contribution in [0.3, 0.4) is 0 Å². The fraction of sp³-hybridized carbons (Fsp3) is 0.250. The minimum Gasteiger partial charge on any atom is -0.266 e. The van der Waals surface area contributed by atoms with E-state index in [9.17, 15) is 26.3 Å². The van der Waals surface area contributed by atoms with E-state index in [1.54, 1.807) is 0 Å². The molecule has 2 aromatic rings. The predicted molar refractivity (Wildman–Crippen MR) is 57.5 cm³/mol. The largest absolute Gasteiger partial charge is 0.416 e. The number of hydrogen-bond donors (Lipinski definition) is 0. The second-order valence-corrected chi connectivity index (χ2v) is 4.08.